The summed E-state index contributed by atoms with van der Waals surface area (Å²) in [5.41, 5.74) is 3.79. The van der Waals surface area contributed by atoms with E-state index in [1.54, 1.807) is 18.3 Å². The Morgan fingerprint density at radius 1 is 1.04 bits per heavy atom. The number of aryl methyl sites for hydroxylation is 2. The van der Waals surface area contributed by atoms with Crippen molar-refractivity contribution in [3.63, 3.8) is 0 Å². The van der Waals surface area contributed by atoms with Gasteiger partial charge in [-0.3, -0.25) is 9.59 Å². The third-order valence-electron chi connectivity index (χ3n) is 3.88. The number of aromatic nitrogens is 2. The molecule has 0 N–H and O–H groups in total. The van der Waals surface area contributed by atoms with E-state index in [4.69, 9.17) is 0 Å². The Kier molecular flexibility index (Phi) is 5.74. The molecule has 0 aliphatic rings. The highest BCUT2D eigenvalue weighted by Gasteiger charge is 2.14. The summed E-state index contributed by atoms with van der Waals surface area (Å²) in [5, 5.41) is 3.85. The predicted octanol–water partition coefficient (Wildman–Crippen LogP) is 4.37. The Hall–Kier alpha value is -2.18. The molecule has 1 aromatic carbocycles. The smallest absolute Gasteiger partial charge is 0.144 e. The predicted molar refractivity (Wildman–Crippen MR) is 106 cm³/mol. The molecule has 0 atom stereocenters. The number of hydrogen-bond donors (Lipinski definition) is 0. The lowest BCUT2D eigenvalue weighted by molar-refractivity contribution is -0.118. The van der Waals surface area contributed by atoms with Crippen LogP contribution in [0.2, 0.25) is 0 Å². The van der Waals surface area contributed by atoms with Crippen molar-refractivity contribution in [3.05, 3.63) is 56.5 Å². The molecule has 2 aromatic heterocycles. The molecule has 0 amide bonds. The van der Waals surface area contributed by atoms with Gasteiger partial charge < -0.3 is 0 Å². The topological polar surface area (TPSA) is 59.9 Å². The van der Waals surface area contributed by atoms with Gasteiger partial charge in [0.05, 0.1) is 27.7 Å². The first-order valence-corrected chi connectivity index (χ1v) is 10.1. The zero-order valence-corrected chi connectivity index (χ0v) is 16.7. The molecule has 3 aromatic rings. The van der Waals surface area contributed by atoms with Crippen molar-refractivity contribution in [3.8, 4) is 10.6 Å². The first-order valence-electron chi connectivity index (χ1n) is 8.38. The molecule has 134 valence electrons. The maximum atomic E-state index is 12.4. The molecule has 6 heteroatoms. The maximum absolute atomic E-state index is 12.4. The van der Waals surface area contributed by atoms with Crippen molar-refractivity contribution in [1.29, 1.82) is 0 Å². The Balaban J connectivity index is 1.66. The molecule has 0 fully saturated rings. The second-order valence-electron chi connectivity index (χ2n) is 6.36. The Labute approximate surface area is 161 Å². The van der Waals surface area contributed by atoms with Gasteiger partial charge in [-0.25, -0.2) is 9.97 Å². The second-order valence-corrected chi connectivity index (χ2v) is 8.51. The molecule has 0 aliphatic heterocycles. The van der Waals surface area contributed by atoms with E-state index in [2.05, 4.69) is 9.97 Å². The highest BCUT2D eigenvalue weighted by atomic mass is 32.1. The van der Waals surface area contributed by atoms with Crippen LogP contribution in [0.25, 0.3) is 10.6 Å². The van der Waals surface area contributed by atoms with E-state index in [0.29, 0.717) is 19.3 Å². The molecule has 4 nitrogen and oxygen atoms in total. The molecule has 0 spiro atoms. The SMILES string of the molecule is CC(=O)Cc1cccc(CC(=O)Cc2nc(-c3sc(C)nc3C)cs2)c1. The van der Waals surface area contributed by atoms with E-state index in [1.165, 1.54) is 11.3 Å². The van der Waals surface area contributed by atoms with Crippen molar-refractivity contribution in [2.24, 2.45) is 0 Å². The van der Waals surface area contributed by atoms with Crippen LogP contribution < -0.4 is 0 Å². The number of carbonyl (C=O) groups is 2. The number of carbonyl (C=O) groups excluding carboxylic acids is 2. The summed E-state index contributed by atoms with van der Waals surface area (Å²) in [6.07, 6.45) is 1.10. The normalized spacial score (nSPS) is 10.9. The van der Waals surface area contributed by atoms with Gasteiger partial charge in [0, 0.05) is 18.2 Å². The van der Waals surface area contributed by atoms with Crippen LogP contribution in [0.15, 0.2) is 29.6 Å². The summed E-state index contributed by atoms with van der Waals surface area (Å²) in [5.74, 6) is 0.250. The lowest BCUT2D eigenvalue weighted by Crippen LogP contribution is -2.07. The lowest BCUT2D eigenvalue weighted by atomic mass is 10.0. The van der Waals surface area contributed by atoms with E-state index in [0.717, 1.165) is 37.4 Å². The molecule has 3 rings (SSSR count). The summed E-state index contributed by atoms with van der Waals surface area (Å²) in [6.45, 7) is 5.54. The van der Waals surface area contributed by atoms with Gasteiger partial charge in [0.15, 0.2) is 0 Å². The van der Waals surface area contributed by atoms with Gasteiger partial charge in [-0.1, -0.05) is 24.3 Å². The van der Waals surface area contributed by atoms with Crippen molar-refractivity contribution < 1.29 is 9.59 Å². The van der Waals surface area contributed by atoms with E-state index in [9.17, 15) is 9.59 Å². The van der Waals surface area contributed by atoms with Crippen molar-refractivity contribution >= 4 is 34.2 Å². The van der Waals surface area contributed by atoms with Crippen LogP contribution in [-0.2, 0) is 28.9 Å². The molecular formula is C20H20N2O2S2. The second kappa shape index (κ2) is 8.01. The fourth-order valence-electron chi connectivity index (χ4n) is 2.86. The van der Waals surface area contributed by atoms with E-state index < -0.39 is 0 Å². The number of hydrogen-bond acceptors (Lipinski definition) is 6. The zero-order valence-electron chi connectivity index (χ0n) is 15.0. The highest BCUT2D eigenvalue weighted by molar-refractivity contribution is 7.16. The van der Waals surface area contributed by atoms with Crippen molar-refractivity contribution in [2.75, 3.05) is 0 Å². The minimum Gasteiger partial charge on any atom is -0.300 e. The first-order chi connectivity index (χ1) is 12.4. The summed E-state index contributed by atoms with van der Waals surface area (Å²) < 4.78 is 0. The highest BCUT2D eigenvalue weighted by Crippen LogP contribution is 2.30. The lowest BCUT2D eigenvalue weighted by Gasteiger charge is -2.03. The fraction of sp³-hybridized carbons (Fsp3) is 0.300. The van der Waals surface area contributed by atoms with E-state index in [-0.39, 0.29) is 11.6 Å². The maximum Gasteiger partial charge on any atom is 0.144 e. The number of Topliss-reactive ketones (excluding diaryl/α,β-unsaturated/α-hetero) is 2. The molecule has 0 saturated carbocycles. The van der Waals surface area contributed by atoms with Crippen LogP contribution in [0, 0.1) is 13.8 Å². The number of rotatable bonds is 7. The summed E-state index contributed by atoms with van der Waals surface area (Å²) in [4.78, 5) is 33.8. The molecular weight excluding hydrogens is 364 g/mol. The van der Waals surface area contributed by atoms with Gasteiger partial charge in [-0.2, -0.15) is 0 Å². The van der Waals surface area contributed by atoms with Gasteiger partial charge in [0.25, 0.3) is 0 Å². The molecule has 0 unspecified atom stereocenters. The Bertz CT molecular complexity index is 956. The third-order valence-corrected chi connectivity index (χ3v) is 5.83. The quantitative estimate of drug-likeness (QED) is 0.607. The molecule has 0 bridgehead atoms. The Morgan fingerprint density at radius 3 is 2.42 bits per heavy atom. The number of nitrogens with zero attached hydrogens (tertiary/aromatic N) is 2. The van der Waals surface area contributed by atoms with E-state index >= 15 is 0 Å². The summed E-state index contributed by atoms with van der Waals surface area (Å²) >= 11 is 3.14. The van der Waals surface area contributed by atoms with Crippen LogP contribution >= 0.6 is 22.7 Å². The zero-order chi connectivity index (χ0) is 18.7. The minimum absolute atomic E-state index is 0.123. The number of thiazole rings is 2. The molecule has 0 aliphatic carbocycles. The molecule has 2 heterocycles. The average Bonchev–Trinajstić information content (AvgIpc) is 3.12. The van der Waals surface area contributed by atoms with Gasteiger partial charge in [0.1, 0.15) is 16.6 Å². The Morgan fingerprint density at radius 2 is 1.77 bits per heavy atom. The standard InChI is InChI=1S/C20H20N2O2S2/c1-12(23)7-15-5-4-6-16(8-15)9-17(24)10-19-22-18(11-25-19)20-13(2)21-14(3)26-20/h4-6,8,11H,7,9-10H2,1-3H3. The van der Waals surface area contributed by atoms with Crippen LogP contribution in [0.5, 0.6) is 0 Å². The van der Waals surface area contributed by atoms with E-state index in [1.807, 2.05) is 43.5 Å². The van der Waals surface area contributed by atoms with Crippen molar-refractivity contribution in [1.82, 2.24) is 9.97 Å². The largest absolute Gasteiger partial charge is 0.300 e. The molecule has 0 saturated heterocycles. The van der Waals surface area contributed by atoms with Gasteiger partial charge in [-0.05, 0) is 31.9 Å². The average molecular weight is 385 g/mol. The molecule has 0 radical (unpaired) electrons. The number of benzene rings is 1. The molecule has 26 heavy (non-hydrogen) atoms. The van der Waals surface area contributed by atoms with Crippen LogP contribution in [0.1, 0.15) is 33.8 Å². The van der Waals surface area contributed by atoms with Crippen molar-refractivity contribution in [2.45, 2.75) is 40.0 Å². The summed E-state index contributed by atoms with van der Waals surface area (Å²) in [6, 6.07) is 7.69. The fourth-order valence-corrected chi connectivity index (χ4v) is 4.63. The number of ketones is 2. The third kappa shape index (κ3) is 4.71. The monoisotopic (exact) mass is 384 g/mol. The van der Waals surface area contributed by atoms with Gasteiger partial charge in [0.2, 0.25) is 0 Å². The summed E-state index contributed by atoms with van der Waals surface area (Å²) in [7, 11) is 0. The minimum atomic E-state index is 0.123. The first kappa shape index (κ1) is 18.6. The van der Waals surface area contributed by atoms with Gasteiger partial charge in [-0.15, -0.1) is 22.7 Å². The van der Waals surface area contributed by atoms with Gasteiger partial charge >= 0.3 is 0 Å². The van der Waals surface area contributed by atoms with Crippen LogP contribution in [0.3, 0.4) is 0 Å². The van der Waals surface area contributed by atoms with Crippen LogP contribution in [-0.4, -0.2) is 21.5 Å². The van der Waals surface area contributed by atoms with Crippen LogP contribution in [0.4, 0.5) is 0 Å².